The quantitative estimate of drug-likeness (QED) is 0.529. The molecule has 1 amide bonds. The van der Waals surface area contributed by atoms with Crippen molar-refractivity contribution in [3.63, 3.8) is 0 Å². The summed E-state index contributed by atoms with van der Waals surface area (Å²) in [6.07, 6.45) is 4.07. The topological polar surface area (TPSA) is 81.7 Å². The Morgan fingerprint density at radius 1 is 1.10 bits per heavy atom. The summed E-state index contributed by atoms with van der Waals surface area (Å²) in [6, 6.07) is 13.6. The van der Waals surface area contributed by atoms with Crippen LogP contribution in [-0.4, -0.2) is 46.9 Å². The van der Waals surface area contributed by atoms with Gasteiger partial charge in [-0.15, -0.1) is 10.2 Å². The minimum atomic E-state index is -0.0209. The molecule has 0 saturated carbocycles. The Balaban J connectivity index is 1.51. The average Bonchev–Trinajstić information content (AvgIpc) is 3.39. The molecule has 8 nitrogen and oxygen atoms in total. The SMILES string of the molecule is Cc1ccc(C(=O)N2CCc3c(c(-c4nncn4-c4ccccc4)nn3C)C2)cn1. The molecule has 30 heavy (non-hydrogen) atoms. The first-order chi connectivity index (χ1) is 14.6. The lowest BCUT2D eigenvalue weighted by molar-refractivity contribution is 0.0733. The van der Waals surface area contributed by atoms with Crippen LogP contribution in [0.25, 0.3) is 17.2 Å². The van der Waals surface area contributed by atoms with Crippen LogP contribution in [-0.2, 0) is 20.0 Å². The standard InChI is InChI=1S/C22H21N7O/c1-15-8-9-16(12-23-15)22(30)28-11-10-19-18(13-28)20(26-27(19)2)21-25-24-14-29(21)17-6-4-3-5-7-17/h3-9,12,14H,10-11,13H2,1-2H3. The Morgan fingerprint density at radius 3 is 2.70 bits per heavy atom. The molecule has 0 fully saturated rings. The van der Waals surface area contributed by atoms with Gasteiger partial charge in [0.05, 0.1) is 12.1 Å². The van der Waals surface area contributed by atoms with Crippen LogP contribution in [0.1, 0.15) is 27.3 Å². The smallest absolute Gasteiger partial charge is 0.255 e. The predicted molar refractivity (Wildman–Crippen MR) is 111 cm³/mol. The van der Waals surface area contributed by atoms with Crippen LogP contribution in [0, 0.1) is 6.92 Å². The summed E-state index contributed by atoms with van der Waals surface area (Å²) in [7, 11) is 1.94. The number of benzene rings is 1. The highest BCUT2D eigenvalue weighted by Crippen LogP contribution is 2.30. The van der Waals surface area contributed by atoms with E-state index in [2.05, 4.69) is 15.2 Å². The number of nitrogens with zero attached hydrogens (tertiary/aromatic N) is 7. The Hall–Kier alpha value is -3.81. The second kappa shape index (κ2) is 7.22. The van der Waals surface area contributed by atoms with Gasteiger partial charge in [-0.2, -0.15) is 5.10 Å². The minimum Gasteiger partial charge on any atom is -0.334 e. The minimum absolute atomic E-state index is 0.0209. The summed E-state index contributed by atoms with van der Waals surface area (Å²) >= 11 is 0. The zero-order valence-corrected chi connectivity index (χ0v) is 16.9. The Bertz CT molecular complexity index is 1210. The Labute approximate surface area is 173 Å². The van der Waals surface area contributed by atoms with Gasteiger partial charge in [0.15, 0.2) is 5.82 Å². The molecular formula is C22H21N7O. The van der Waals surface area contributed by atoms with E-state index in [1.807, 2.05) is 70.6 Å². The Morgan fingerprint density at radius 2 is 1.93 bits per heavy atom. The molecule has 150 valence electrons. The average molecular weight is 399 g/mol. The fourth-order valence-corrected chi connectivity index (χ4v) is 3.90. The number of rotatable bonds is 3. The van der Waals surface area contributed by atoms with Crippen molar-refractivity contribution in [1.29, 1.82) is 0 Å². The summed E-state index contributed by atoms with van der Waals surface area (Å²) in [5.41, 5.74) is 5.35. The zero-order chi connectivity index (χ0) is 20.7. The third-order valence-corrected chi connectivity index (χ3v) is 5.48. The van der Waals surface area contributed by atoms with Crippen LogP contribution in [0.5, 0.6) is 0 Å². The number of para-hydroxylation sites is 1. The molecule has 5 rings (SSSR count). The van der Waals surface area contributed by atoms with E-state index in [9.17, 15) is 4.79 Å². The molecule has 0 bridgehead atoms. The molecule has 0 aliphatic carbocycles. The van der Waals surface area contributed by atoms with Gasteiger partial charge in [0.1, 0.15) is 12.0 Å². The summed E-state index contributed by atoms with van der Waals surface area (Å²) in [4.78, 5) is 19.2. The van der Waals surface area contributed by atoms with Gasteiger partial charge in [-0.3, -0.25) is 19.0 Å². The molecule has 0 spiro atoms. The fraction of sp³-hybridized carbons (Fsp3) is 0.227. The monoisotopic (exact) mass is 399 g/mol. The maximum absolute atomic E-state index is 13.0. The number of hydrogen-bond donors (Lipinski definition) is 0. The molecule has 4 aromatic rings. The molecule has 0 radical (unpaired) electrons. The van der Waals surface area contributed by atoms with E-state index in [1.165, 1.54) is 0 Å². The van der Waals surface area contributed by atoms with Gasteiger partial charge < -0.3 is 4.90 Å². The van der Waals surface area contributed by atoms with Crippen molar-refractivity contribution >= 4 is 5.91 Å². The van der Waals surface area contributed by atoms with Crippen LogP contribution in [0.3, 0.4) is 0 Å². The number of carbonyl (C=O) groups excluding carboxylic acids is 1. The van der Waals surface area contributed by atoms with E-state index in [4.69, 9.17) is 5.10 Å². The molecule has 0 saturated heterocycles. The number of fused-ring (bicyclic) bond motifs is 1. The van der Waals surface area contributed by atoms with Gasteiger partial charge in [-0.1, -0.05) is 18.2 Å². The molecule has 3 aromatic heterocycles. The van der Waals surface area contributed by atoms with E-state index in [0.717, 1.165) is 34.8 Å². The first kappa shape index (κ1) is 18.2. The van der Waals surface area contributed by atoms with E-state index in [0.29, 0.717) is 24.5 Å². The molecular weight excluding hydrogens is 378 g/mol. The number of aryl methyl sites for hydroxylation is 2. The van der Waals surface area contributed by atoms with Crippen molar-refractivity contribution in [3.8, 4) is 17.2 Å². The van der Waals surface area contributed by atoms with Gasteiger partial charge in [-0.05, 0) is 31.2 Å². The van der Waals surface area contributed by atoms with Gasteiger partial charge in [-0.25, -0.2) is 0 Å². The maximum atomic E-state index is 13.0. The lowest BCUT2D eigenvalue weighted by atomic mass is 10.0. The first-order valence-corrected chi connectivity index (χ1v) is 9.84. The lowest BCUT2D eigenvalue weighted by Crippen LogP contribution is -2.36. The highest BCUT2D eigenvalue weighted by Gasteiger charge is 2.29. The molecule has 1 aliphatic rings. The first-order valence-electron chi connectivity index (χ1n) is 9.84. The molecule has 1 aromatic carbocycles. The number of carbonyl (C=O) groups is 1. The van der Waals surface area contributed by atoms with E-state index in [-0.39, 0.29) is 5.91 Å². The fourth-order valence-electron chi connectivity index (χ4n) is 3.90. The number of pyridine rings is 1. The molecule has 0 atom stereocenters. The summed E-state index contributed by atoms with van der Waals surface area (Å²) in [5.74, 6) is 0.650. The van der Waals surface area contributed by atoms with Gasteiger partial charge in [0, 0.05) is 48.8 Å². The predicted octanol–water partition coefficient (Wildman–Crippen LogP) is 2.57. The van der Waals surface area contributed by atoms with Gasteiger partial charge >= 0.3 is 0 Å². The molecule has 1 aliphatic heterocycles. The van der Waals surface area contributed by atoms with Crippen molar-refractivity contribution in [3.05, 3.63) is 77.5 Å². The molecule has 0 N–H and O–H groups in total. The lowest BCUT2D eigenvalue weighted by Gasteiger charge is -2.27. The maximum Gasteiger partial charge on any atom is 0.255 e. The third kappa shape index (κ3) is 3.06. The largest absolute Gasteiger partial charge is 0.334 e. The molecule has 0 unspecified atom stereocenters. The number of hydrogen-bond acceptors (Lipinski definition) is 5. The van der Waals surface area contributed by atoms with Crippen LogP contribution in [0.2, 0.25) is 0 Å². The Kier molecular flexibility index (Phi) is 4.39. The van der Waals surface area contributed by atoms with Crippen molar-refractivity contribution in [2.24, 2.45) is 7.05 Å². The highest BCUT2D eigenvalue weighted by atomic mass is 16.2. The van der Waals surface area contributed by atoms with Crippen molar-refractivity contribution < 1.29 is 4.79 Å². The number of amides is 1. The summed E-state index contributed by atoms with van der Waals surface area (Å²) < 4.78 is 3.82. The molecule has 4 heterocycles. The van der Waals surface area contributed by atoms with Crippen molar-refractivity contribution in [2.45, 2.75) is 19.9 Å². The zero-order valence-electron chi connectivity index (χ0n) is 16.9. The summed E-state index contributed by atoms with van der Waals surface area (Å²) in [6.45, 7) is 3.03. The molecule has 8 heteroatoms. The third-order valence-electron chi connectivity index (χ3n) is 5.48. The van der Waals surface area contributed by atoms with Gasteiger partial charge in [0.25, 0.3) is 5.91 Å². The van der Waals surface area contributed by atoms with Crippen molar-refractivity contribution in [1.82, 2.24) is 34.4 Å². The van der Waals surface area contributed by atoms with Crippen molar-refractivity contribution in [2.75, 3.05) is 6.54 Å². The second-order valence-electron chi connectivity index (χ2n) is 7.42. The van der Waals surface area contributed by atoms with Crippen LogP contribution in [0.4, 0.5) is 0 Å². The highest BCUT2D eigenvalue weighted by molar-refractivity contribution is 5.94. The normalized spacial score (nSPS) is 13.3. The van der Waals surface area contributed by atoms with Gasteiger partial charge in [0.2, 0.25) is 0 Å². The van der Waals surface area contributed by atoms with Crippen LogP contribution < -0.4 is 0 Å². The second-order valence-corrected chi connectivity index (χ2v) is 7.42. The summed E-state index contributed by atoms with van der Waals surface area (Å²) in [5, 5.41) is 13.2. The van der Waals surface area contributed by atoms with Crippen LogP contribution in [0.15, 0.2) is 55.0 Å². The van der Waals surface area contributed by atoms with E-state index < -0.39 is 0 Å². The van der Waals surface area contributed by atoms with E-state index in [1.54, 1.807) is 12.5 Å². The van der Waals surface area contributed by atoms with E-state index >= 15 is 0 Å². The number of aromatic nitrogens is 6. The van der Waals surface area contributed by atoms with Crippen LogP contribution >= 0.6 is 0 Å².